The molecule has 2 aliphatic rings. The number of nitrogens with zero attached hydrogens (tertiary/aromatic N) is 4. The summed E-state index contributed by atoms with van der Waals surface area (Å²) in [7, 11) is 0. The zero-order valence-electron chi connectivity index (χ0n) is 14.9. The van der Waals surface area contributed by atoms with Crippen molar-refractivity contribution in [2.45, 2.75) is 44.6 Å². The predicted octanol–water partition coefficient (Wildman–Crippen LogP) is 2.89. The van der Waals surface area contributed by atoms with Crippen LogP contribution in [0, 0.1) is 12.7 Å². The molecular formula is C19H23FN4O2. The van der Waals surface area contributed by atoms with Crippen molar-refractivity contribution in [3.05, 3.63) is 41.8 Å². The van der Waals surface area contributed by atoms with Crippen molar-refractivity contribution in [1.82, 2.24) is 15.0 Å². The Morgan fingerprint density at radius 3 is 2.85 bits per heavy atom. The second-order valence-electron chi connectivity index (χ2n) is 7.14. The molecule has 2 unspecified atom stereocenters. The number of carbonyl (C=O) groups excluding carboxylic acids is 1. The maximum absolute atomic E-state index is 13.6. The lowest BCUT2D eigenvalue weighted by Crippen LogP contribution is -2.54. The molecule has 2 saturated heterocycles. The van der Waals surface area contributed by atoms with E-state index < -0.39 is 0 Å². The molecular weight excluding hydrogens is 335 g/mol. The Bertz CT molecular complexity index is 793. The highest BCUT2D eigenvalue weighted by Crippen LogP contribution is 2.31. The van der Waals surface area contributed by atoms with Crippen molar-refractivity contribution in [1.29, 1.82) is 0 Å². The molecule has 1 aromatic heterocycles. The molecule has 3 heterocycles. The standard InChI is InChI=1S/C19H23FN4O2/c1-13-21-18(26-22-13)14-5-3-9-23(12-14)17-8-4-10-24(19(17)25)16-7-2-6-15(20)11-16/h2,6-7,11,14,17H,3-5,8-10,12H2,1H3. The van der Waals surface area contributed by atoms with Gasteiger partial charge in [-0.3, -0.25) is 9.69 Å². The van der Waals surface area contributed by atoms with E-state index in [1.54, 1.807) is 17.0 Å². The number of piperidine rings is 2. The molecule has 6 nitrogen and oxygen atoms in total. The molecule has 0 radical (unpaired) electrons. The Morgan fingerprint density at radius 1 is 1.23 bits per heavy atom. The van der Waals surface area contributed by atoms with Crippen molar-refractivity contribution >= 4 is 11.6 Å². The summed E-state index contributed by atoms with van der Waals surface area (Å²) in [6.07, 6.45) is 3.73. The van der Waals surface area contributed by atoms with E-state index in [-0.39, 0.29) is 23.7 Å². The van der Waals surface area contributed by atoms with Crippen LogP contribution in [0.25, 0.3) is 0 Å². The van der Waals surface area contributed by atoms with E-state index in [0.29, 0.717) is 23.9 Å². The SMILES string of the molecule is Cc1noc(C2CCCN(C3CCCN(c4cccc(F)c4)C3=O)C2)n1. The number of aryl methyl sites for hydroxylation is 1. The lowest BCUT2D eigenvalue weighted by molar-refractivity contribution is -0.126. The van der Waals surface area contributed by atoms with Crippen LogP contribution in [-0.4, -0.2) is 46.6 Å². The third-order valence-corrected chi connectivity index (χ3v) is 5.32. The summed E-state index contributed by atoms with van der Waals surface area (Å²) in [6, 6.07) is 6.11. The van der Waals surface area contributed by atoms with Gasteiger partial charge in [-0.2, -0.15) is 4.98 Å². The van der Waals surface area contributed by atoms with Crippen LogP contribution in [0.5, 0.6) is 0 Å². The van der Waals surface area contributed by atoms with Crippen LogP contribution in [0.15, 0.2) is 28.8 Å². The Hall–Kier alpha value is -2.28. The maximum atomic E-state index is 13.6. The van der Waals surface area contributed by atoms with Crippen LogP contribution in [0.4, 0.5) is 10.1 Å². The molecule has 0 bridgehead atoms. The number of carbonyl (C=O) groups is 1. The highest BCUT2D eigenvalue weighted by Gasteiger charge is 2.37. The van der Waals surface area contributed by atoms with Crippen LogP contribution in [0.1, 0.15) is 43.3 Å². The first kappa shape index (κ1) is 17.1. The van der Waals surface area contributed by atoms with Gasteiger partial charge in [0.2, 0.25) is 11.8 Å². The van der Waals surface area contributed by atoms with E-state index in [4.69, 9.17) is 4.52 Å². The van der Waals surface area contributed by atoms with Gasteiger partial charge in [0, 0.05) is 18.8 Å². The Morgan fingerprint density at radius 2 is 2.08 bits per heavy atom. The minimum Gasteiger partial charge on any atom is -0.339 e. The monoisotopic (exact) mass is 358 g/mol. The number of hydrogen-bond acceptors (Lipinski definition) is 5. The fraction of sp³-hybridized carbons (Fsp3) is 0.526. The highest BCUT2D eigenvalue weighted by atomic mass is 19.1. The maximum Gasteiger partial charge on any atom is 0.244 e. The van der Waals surface area contributed by atoms with Gasteiger partial charge in [0.05, 0.1) is 12.0 Å². The molecule has 138 valence electrons. The number of benzene rings is 1. The zero-order valence-corrected chi connectivity index (χ0v) is 14.9. The van der Waals surface area contributed by atoms with Gasteiger partial charge in [-0.1, -0.05) is 11.2 Å². The Balaban J connectivity index is 1.50. The summed E-state index contributed by atoms with van der Waals surface area (Å²) < 4.78 is 18.9. The average Bonchev–Trinajstić information content (AvgIpc) is 3.08. The third kappa shape index (κ3) is 3.35. The topological polar surface area (TPSA) is 62.5 Å². The lowest BCUT2D eigenvalue weighted by Gasteiger charge is -2.41. The van der Waals surface area contributed by atoms with Crippen LogP contribution in [-0.2, 0) is 4.79 Å². The molecule has 26 heavy (non-hydrogen) atoms. The first-order valence-electron chi connectivity index (χ1n) is 9.23. The van der Waals surface area contributed by atoms with E-state index >= 15 is 0 Å². The van der Waals surface area contributed by atoms with E-state index in [0.717, 1.165) is 38.8 Å². The van der Waals surface area contributed by atoms with E-state index in [9.17, 15) is 9.18 Å². The smallest absolute Gasteiger partial charge is 0.244 e. The van der Waals surface area contributed by atoms with E-state index in [2.05, 4.69) is 15.0 Å². The minimum absolute atomic E-state index is 0.0595. The molecule has 2 aliphatic heterocycles. The van der Waals surface area contributed by atoms with Gasteiger partial charge in [-0.05, 0) is 57.4 Å². The number of anilines is 1. The Labute approximate surface area is 152 Å². The number of likely N-dealkylation sites (tertiary alicyclic amines) is 1. The van der Waals surface area contributed by atoms with Gasteiger partial charge < -0.3 is 9.42 Å². The molecule has 0 spiro atoms. The van der Waals surface area contributed by atoms with E-state index in [1.807, 2.05) is 6.92 Å². The van der Waals surface area contributed by atoms with Crippen molar-refractivity contribution < 1.29 is 13.7 Å². The summed E-state index contributed by atoms with van der Waals surface area (Å²) in [6.45, 7) is 4.08. The van der Waals surface area contributed by atoms with Gasteiger partial charge in [0.25, 0.3) is 0 Å². The molecule has 0 aliphatic carbocycles. The second-order valence-corrected chi connectivity index (χ2v) is 7.14. The number of halogens is 1. The summed E-state index contributed by atoms with van der Waals surface area (Å²) in [5, 5.41) is 3.89. The van der Waals surface area contributed by atoms with Gasteiger partial charge in [-0.15, -0.1) is 0 Å². The summed E-state index contributed by atoms with van der Waals surface area (Å²) in [5.41, 5.74) is 0.640. The normalized spacial score (nSPS) is 24.8. The molecule has 4 rings (SSSR count). The number of aromatic nitrogens is 2. The summed E-state index contributed by atoms with van der Waals surface area (Å²) in [5.74, 6) is 1.22. The quantitative estimate of drug-likeness (QED) is 0.844. The highest BCUT2D eigenvalue weighted by molar-refractivity contribution is 5.97. The van der Waals surface area contributed by atoms with Crippen LogP contribution < -0.4 is 4.90 Å². The van der Waals surface area contributed by atoms with Crippen molar-refractivity contribution in [2.75, 3.05) is 24.5 Å². The first-order chi connectivity index (χ1) is 12.6. The molecule has 1 aromatic carbocycles. The van der Waals surface area contributed by atoms with Gasteiger partial charge in [0.1, 0.15) is 5.82 Å². The predicted molar refractivity (Wildman–Crippen MR) is 94.4 cm³/mol. The van der Waals surface area contributed by atoms with Gasteiger partial charge >= 0.3 is 0 Å². The number of rotatable bonds is 3. The van der Waals surface area contributed by atoms with Gasteiger partial charge in [0.15, 0.2) is 5.82 Å². The van der Waals surface area contributed by atoms with Crippen LogP contribution >= 0.6 is 0 Å². The fourth-order valence-corrected chi connectivity index (χ4v) is 4.07. The summed E-state index contributed by atoms with van der Waals surface area (Å²) >= 11 is 0. The molecule has 2 atom stereocenters. The van der Waals surface area contributed by atoms with Gasteiger partial charge in [-0.25, -0.2) is 4.39 Å². The minimum atomic E-state index is -0.317. The van der Waals surface area contributed by atoms with Crippen LogP contribution in [0.2, 0.25) is 0 Å². The van der Waals surface area contributed by atoms with Crippen LogP contribution in [0.3, 0.4) is 0 Å². The molecule has 7 heteroatoms. The third-order valence-electron chi connectivity index (χ3n) is 5.32. The molecule has 0 N–H and O–H groups in total. The number of amides is 1. The molecule has 2 fully saturated rings. The van der Waals surface area contributed by atoms with E-state index in [1.165, 1.54) is 12.1 Å². The second kappa shape index (κ2) is 7.15. The molecule has 2 aromatic rings. The first-order valence-corrected chi connectivity index (χ1v) is 9.23. The molecule has 0 saturated carbocycles. The van der Waals surface area contributed by atoms with Crippen molar-refractivity contribution in [2.24, 2.45) is 0 Å². The largest absolute Gasteiger partial charge is 0.339 e. The average molecular weight is 358 g/mol. The summed E-state index contributed by atoms with van der Waals surface area (Å²) in [4.78, 5) is 21.4. The zero-order chi connectivity index (χ0) is 18.1. The Kier molecular flexibility index (Phi) is 4.72. The van der Waals surface area contributed by atoms with Crippen molar-refractivity contribution in [3.63, 3.8) is 0 Å². The number of hydrogen-bond donors (Lipinski definition) is 0. The van der Waals surface area contributed by atoms with Crippen molar-refractivity contribution in [3.8, 4) is 0 Å². The molecule has 1 amide bonds. The lowest BCUT2D eigenvalue weighted by atomic mass is 9.93. The fourth-order valence-electron chi connectivity index (χ4n) is 4.07.